The van der Waals surface area contributed by atoms with Gasteiger partial charge in [-0.15, -0.1) is 23.2 Å². The highest BCUT2D eigenvalue weighted by Crippen LogP contribution is 2.18. The zero-order chi connectivity index (χ0) is 13.4. The fourth-order valence-electron chi connectivity index (χ4n) is 1.58. The van der Waals surface area contributed by atoms with Gasteiger partial charge in [0.25, 0.3) is 0 Å². The molecule has 0 spiro atoms. The van der Waals surface area contributed by atoms with Gasteiger partial charge >= 0.3 is 0 Å². The Hall–Kier alpha value is -0.930. The first kappa shape index (κ1) is 15.1. The summed E-state index contributed by atoms with van der Waals surface area (Å²) in [6.07, 6.45) is 0.479. The summed E-state index contributed by atoms with van der Waals surface area (Å²) < 4.78 is 0. The molecular weight excluding hydrogens is 271 g/mol. The Balaban J connectivity index is 2.70. The molecule has 0 fully saturated rings. The van der Waals surface area contributed by atoms with Crippen molar-refractivity contribution in [3.63, 3.8) is 0 Å². The maximum Gasteiger partial charge on any atom is 0.224 e. The number of carbonyl (C=O) groups is 1. The Bertz CT molecular complexity index is 362. The van der Waals surface area contributed by atoms with Crippen molar-refractivity contribution in [2.45, 2.75) is 13.3 Å². The monoisotopic (exact) mass is 288 g/mol. The Morgan fingerprint density at radius 2 is 1.72 bits per heavy atom. The lowest BCUT2D eigenvalue weighted by molar-refractivity contribution is -0.115. The molecule has 0 aromatic heterocycles. The Labute approximate surface area is 118 Å². The van der Waals surface area contributed by atoms with Gasteiger partial charge in [0.05, 0.1) is 0 Å². The van der Waals surface area contributed by atoms with E-state index < -0.39 is 0 Å². The predicted molar refractivity (Wildman–Crippen MR) is 79.0 cm³/mol. The number of anilines is 2. The molecule has 0 bridgehead atoms. The molecule has 1 aromatic carbocycles. The zero-order valence-corrected chi connectivity index (χ0v) is 12.0. The first-order chi connectivity index (χ1) is 8.71. The van der Waals surface area contributed by atoms with Crippen molar-refractivity contribution in [3.8, 4) is 0 Å². The van der Waals surface area contributed by atoms with E-state index >= 15 is 0 Å². The van der Waals surface area contributed by atoms with Crippen LogP contribution < -0.4 is 10.2 Å². The second kappa shape index (κ2) is 8.22. The van der Waals surface area contributed by atoms with E-state index in [1.54, 1.807) is 0 Å². The van der Waals surface area contributed by atoms with E-state index in [4.69, 9.17) is 23.2 Å². The van der Waals surface area contributed by atoms with Gasteiger partial charge in [-0.1, -0.05) is 6.92 Å². The van der Waals surface area contributed by atoms with Crippen LogP contribution in [-0.2, 0) is 4.79 Å². The summed E-state index contributed by atoms with van der Waals surface area (Å²) in [5, 5.41) is 2.81. The third kappa shape index (κ3) is 4.75. The second-order valence-corrected chi connectivity index (χ2v) is 4.57. The topological polar surface area (TPSA) is 32.3 Å². The number of rotatable bonds is 7. The number of nitrogens with one attached hydrogen (secondary N) is 1. The molecule has 3 nitrogen and oxygen atoms in total. The maximum absolute atomic E-state index is 11.2. The fraction of sp³-hybridized carbons (Fsp3) is 0.462. The molecule has 18 heavy (non-hydrogen) atoms. The van der Waals surface area contributed by atoms with Gasteiger partial charge in [0.15, 0.2) is 0 Å². The Morgan fingerprint density at radius 1 is 1.17 bits per heavy atom. The number of nitrogens with zero attached hydrogens (tertiary/aromatic N) is 1. The quantitative estimate of drug-likeness (QED) is 0.781. The van der Waals surface area contributed by atoms with Crippen LogP contribution in [0.3, 0.4) is 0 Å². The minimum atomic E-state index is 0.0149. The summed E-state index contributed by atoms with van der Waals surface area (Å²) in [6.45, 7) is 3.34. The average Bonchev–Trinajstić information content (AvgIpc) is 2.39. The highest BCUT2D eigenvalue weighted by atomic mass is 35.5. The lowest BCUT2D eigenvalue weighted by Gasteiger charge is -2.23. The van der Waals surface area contributed by atoms with Gasteiger partial charge < -0.3 is 10.2 Å². The molecule has 1 N–H and O–H groups in total. The second-order valence-electron chi connectivity index (χ2n) is 3.81. The van der Waals surface area contributed by atoms with E-state index in [0.717, 1.165) is 24.5 Å². The largest absolute Gasteiger partial charge is 0.369 e. The molecule has 0 saturated carbocycles. The standard InChI is InChI=1S/C13H18Cl2N2O/c1-2-13(18)16-11-3-5-12(6-4-11)17(9-7-14)10-8-15/h3-6H,2,7-10H2,1H3,(H,16,18). The Morgan fingerprint density at radius 3 is 2.17 bits per heavy atom. The molecule has 0 aliphatic carbocycles. The van der Waals surface area contributed by atoms with E-state index in [9.17, 15) is 4.79 Å². The van der Waals surface area contributed by atoms with Crippen molar-refractivity contribution in [1.29, 1.82) is 0 Å². The summed E-state index contributed by atoms with van der Waals surface area (Å²) in [7, 11) is 0. The van der Waals surface area contributed by atoms with E-state index in [2.05, 4.69) is 10.2 Å². The van der Waals surface area contributed by atoms with Crippen LogP contribution in [0.25, 0.3) is 0 Å². The first-order valence-electron chi connectivity index (χ1n) is 5.98. The molecule has 0 aliphatic heterocycles. The molecule has 1 amide bonds. The van der Waals surface area contributed by atoms with Crippen LogP contribution in [0.4, 0.5) is 11.4 Å². The van der Waals surface area contributed by atoms with Gasteiger partial charge in [-0.05, 0) is 24.3 Å². The van der Waals surface area contributed by atoms with Gasteiger partial charge in [-0.3, -0.25) is 4.79 Å². The maximum atomic E-state index is 11.2. The zero-order valence-electron chi connectivity index (χ0n) is 10.5. The van der Waals surface area contributed by atoms with Crippen molar-refractivity contribution in [3.05, 3.63) is 24.3 Å². The van der Waals surface area contributed by atoms with Crippen LogP contribution in [0.15, 0.2) is 24.3 Å². The lowest BCUT2D eigenvalue weighted by atomic mass is 10.2. The minimum Gasteiger partial charge on any atom is -0.369 e. The minimum absolute atomic E-state index is 0.0149. The summed E-state index contributed by atoms with van der Waals surface area (Å²) >= 11 is 11.5. The highest BCUT2D eigenvalue weighted by Gasteiger charge is 2.05. The number of alkyl halides is 2. The van der Waals surface area contributed by atoms with Crippen molar-refractivity contribution >= 4 is 40.5 Å². The van der Waals surface area contributed by atoms with Gasteiger partial charge in [0.1, 0.15) is 0 Å². The number of hydrogen-bond acceptors (Lipinski definition) is 2. The summed E-state index contributed by atoms with van der Waals surface area (Å²) in [5.74, 6) is 1.14. The molecule has 0 radical (unpaired) electrons. The van der Waals surface area contributed by atoms with Gasteiger partial charge in [0.2, 0.25) is 5.91 Å². The number of benzene rings is 1. The fourth-order valence-corrected chi connectivity index (χ4v) is 1.99. The number of hydrogen-bond donors (Lipinski definition) is 1. The number of halogens is 2. The molecule has 100 valence electrons. The van der Waals surface area contributed by atoms with E-state index in [-0.39, 0.29) is 5.91 Å². The van der Waals surface area contributed by atoms with Crippen LogP contribution in [0, 0.1) is 0 Å². The molecule has 5 heteroatoms. The average molecular weight is 289 g/mol. The van der Waals surface area contributed by atoms with Crippen LogP contribution in [0.2, 0.25) is 0 Å². The third-order valence-electron chi connectivity index (χ3n) is 2.55. The third-order valence-corrected chi connectivity index (χ3v) is 2.88. The number of amides is 1. The molecule has 0 heterocycles. The predicted octanol–water partition coefficient (Wildman–Crippen LogP) is 3.32. The van der Waals surface area contributed by atoms with E-state index in [1.165, 1.54) is 0 Å². The Kier molecular flexibility index (Phi) is 6.91. The smallest absolute Gasteiger partial charge is 0.224 e. The van der Waals surface area contributed by atoms with Crippen LogP contribution >= 0.6 is 23.2 Å². The van der Waals surface area contributed by atoms with Crippen molar-refractivity contribution in [2.24, 2.45) is 0 Å². The van der Waals surface area contributed by atoms with Gasteiger partial charge in [-0.2, -0.15) is 0 Å². The molecular formula is C13H18Cl2N2O. The lowest BCUT2D eigenvalue weighted by Crippen LogP contribution is -2.27. The van der Waals surface area contributed by atoms with Crippen molar-refractivity contribution < 1.29 is 4.79 Å². The molecule has 1 rings (SSSR count). The first-order valence-corrected chi connectivity index (χ1v) is 7.05. The molecule has 0 saturated heterocycles. The molecule has 0 atom stereocenters. The van der Waals surface area contributed by atoms with Crippen LogP contribution in [-0.4, -0.2) is 30.8 Å². The summed E-state index contributed by atoms with van der Waals surface area (Å²) in [4.78, 5) is 13.4. The molecule has 1 aromatic rings. The van der Waals surface area contributed by atoms with Crippen LogP contribution in [0.1, 0.15) is 13.3 Å². The van der Waals surface area contributed by atoms with Crippen LogP contribution in [0.5, 0.6) is 0 Å². The van der Waals surface area contributed by atoms with E-state index in [1.807, 2.05) is 31.2 Å². The van der Waals surface area contributed by atoms with Crippen molar-refractivity contribution in [1.82, 2.24) is 0 Å². The highest BCUT2D eigenvalue weighted by molar-refractivity contribution is 6.18. The SMILES string of the molecule is CCC(=O)Nc1ccc(N(CCCl)CCCl)cc1. The molecule has 0 aliphatic rings. The molecule has 0 unspecified atom stereocenters. The van der Waals surface area contributed by atoms with E-state index in [0.29, 0.717) is 18.2 Å². The normalized spacial score (nSPS) is 10.2. The summed E-state index contributed by atoms with van der Waals surface area (Å²) in [5.41, 5.74) is 1.87. The van der Waals surface area contributed by atoms with Gasteiger partial charge in [0, 0.05) is 42.6 Å². The summed E-state index contributed by atoms with van der Waals surface area (Å²) in [6, 6.07) is 7.70. The van der Waals surface area contributed by atoms with Gasteiger partial charge in [-0.25, -0.2) is 0 Å². The van der Waals surface area contributed by atoms with Crippen molar-refractivity contribution in [2.75, 3.05) is 35.1 Å². The number of carbonyl (C=O) groups excluding carboxylic acids is 1.